The van der Waals surface area contributed by atoms with Crippen molar-refractivity contribution >= 4 is 13.7 Å². The Labute approximate surface area is 296 Å². The van der Waals surface area contributed by atoms with Gasteiger partial charge in [-0.2, -0.15) is 0 Å². The van der Waals surface area contributed by atoms with Crippen LogP contribution in [0.5, 0.6) is 0 Å². The molecule has 48 heavy (non-hydrogen) atoms. The minimum absolute atomic E-state index is 0.0755. The van der Waals surface area contributed by atoms with Gasteiger partial charge in [0, 0.05) is 13.0 Å². The van der Waals surface area contributed by atoms with Crippen LogP contribution in [-0.4, -0.2) is 47.8 Å². The first kappa shape index (κ1) is 47.0. The lowest BCUT2D eigenvalue weighted by molar-refractivity contribution is -0.123. The van der Waals surface area contributed by atoms with E-state index in [4.69, 9.17) is 14.8 Å². The molecule has 0 aromatic rings. The number of aliphatic hydroxyl groups is 1. The summed E-state index contributed by atoms with van der Waals surface area (Å²) >= 11 is 0. The van der Waals surface area contributed by atoms with Crippen molar-refractivity contribution in [1.82, 2.24) is 5.32 Å². The number of unbranched alkanes of at least 4 members (excludes halogenated alkanes) is 23. The number of amides is 1. The molecule has 3 unspecified atom stereocenters. The molecular formula is C39H77N2O6P. The second-order valence-electron chi connectivity index (χ2n) is 13.5. The number of hydrogen-bond acceptors (Lipinski definition) is 6. The molecule has 0 aromatic heterocycles. The van der Waals surface area contributed by atoms with Crippen LogP contribution in [0.3, 0.4) is 0 Å². The van der Waals surface area contributed by atoms with Crippen LogP contribution in [-0.2, 0) is 18.4 Å². The largest absolute Gasteiger partial charge is 0.472 e. The number of hydrogen-bond donors (Lipinski definition) is 4. The van der Waals surface area contributed by atoms with E-state index in [0.717, 1.165) is 38.5 Å². The topological polar surface area (TPSA) is 131 Å². The van der Waals surface area contributed by atoms with E-state index in [1.807, 2.05) is 6.08 Å². The zero-order chi connectivity index (χ0) is 35.4. The summed E-state index contributed by atoms with van der Waals surface area (Å²) in [5.41, 5.74) is 5.35. The molecule has 0 heterocycles. The van der Waals surface area contributed by atoms with Crippen LogP contribution in [0.15, 0.2) is 24.3 Å². The molecule has 1 amide bonds. The van der Waals surface area contributed by atoms with Gasteiger partial charge in [0.25, 0.3) is 0 Å². The van der Waals surface area contributed by atoms with Crippen molar-refractivity contribution in [3.05, 3.63) is 24.3 Å². The number of aliphatic hydroxyl groups excluding tert-OH is 1. The average Bonchev–Trinajstić information content (AvgIpc) is 3.07. The number of allylic oxidation sites excluding steroid dienone is 3. The van der Waals surface area contributed by atoms with Crippen molar-refractivity contribution in [2.45, 2.75) is 199 Å². The van der Waals surface area contributed by atoms with Gasteiger partial charge in [0.15, 0.2) is 0 Å². The molecule has 0 aromatic carbocycles. The summed E-state index contributed by atoms with van der Waals surface area (Å²) in [4.78, 5) is 22.6. The standard InChI is InChI=1S/C39H77N2O6P/c1-3-5-7-9-11-13-15-16-17-18-19-20-21-22-23-25-27-29-31-33-39(43)41-37(36-47-48(44,45)46-35-34-40)38(42)32-30-28-26-24-14-12-10-8-6-4-2/h14,24,30,32,37-38,42H,3-13,15-23,25-29,31,33-36,40H2,1-2H3,(H,41,43)(H,44,45)/b24-14+,32-30+. The summed E-state index contributed by atoms with van der Waals surface area (Å²) in [6.07, 6.45) is 39.5. The molecule has 0 aliphatic rings. The molecule has 3 atom stereocenters. The van der Waals surface area contributed by atoms with Crippen molar-refractivity contribution in [1.29, 1.82) is 0 Å². The maximum Gasteiger partial charge on any atom is 0.472 e. The first-order chi connectivity index (χ1) is 23.4. The van der Waals surface area contributed by atoms with E-state index in [1.54, 1.807) is 6.08 Å². The third kappa shape index (κ3) is 33.5. The highest BCUT2D eigenvalue weighted by Gasteiger charge is 2.26. The lowest BCUT2D eigenvalue weighted by Crippen LogP contribution is -2.45. The number of carbonyl (C=O) groups excluding carboxylic acids is 1. The lowest BCUT2D eigenvalue weighted by atomic mass is 10.0. The Bertz CT molecular complexity index is 809. The molecule has 5 N–H and O–H groups in total. The molecule has 0 aliphatic heterocycles. The van der Waals surface area contributed by atoms with Crippen LogP contribution < -0.4 is 11.1 Å². The molecule has 0 saturated carbocycles. The van der Waals surface area contributed by atoms with Crippen LogP contribution in [0.1, 0.15) is 187 Å². The number of nitrogens with one attached hydrogen (secondary N) is 1. The molecule has 0 radical (unpaired) electrons. The van der Waals surface area contributed by atoms with Gasteiger partial charge in [0.1, 0.15) is 0 Å². The molecule has 0 saturated heterocycles. The Morgan fingerprint density at radius 1 is 0.667 bits per heavy atom. The molecule has 8 nitrogen and oxygen atoms in total. The van der Waals surface area contributed by atoms with E-state index in [1.165, 1.54) is 128 Å². The van der Waals surface area contributed by atoms with Crippen molar-refractivity contribution in [3.63, 3.8) is 0 Å². The Kier molecular flexibility index (Phi) is 35.0. The number of phosphoric acid groups is 1. The predicted molar refractivity (Wildman–Crippen MR) is 203 cm³/mol. The van der Waals surface area contributed by atoms with Crippen LogP contribution in [0, 0.1) is 0 Å². The Morgan fingerprint density at radius 2 is 1.10 bits per heavy atom. The van der Waals surface area contributed by atoms with Crippen LogP contribution >= 0.6 is 7.82 Å². The molecule has 0 fully saturated rings. The third-order valence-corrected chi connectivity index (χ3v) is 9.76. The zero-order valence-electron chi connectivity index (χ0n) is 31.2. The predicted octanol–water partition coefficient (Wildman–Crippen LogP) is 10.6. The quantitative estimate of drug-likeness (QED) is 0.0288. The van der Waals surface area contributed by atoms with E-state index in [9.17, 15) is 19.4 Å². The van der Waals surface area contributed by atoms with Gasteiger partial charge < -0.3 is 21.1 Å². The Balaban J connectivity index is 4.17. The van der Waals surface area contributed by atoms with Crippen molar-refractivity contribution in [3.8, 4) is 0 Å². The van der Waals surface area contributed by atoms with E-state index < -0.39 is 20.0 Å². The maximum atomic E-state index is 12.7. The smallest absolute Gasteiger partial charge is 0.387 e. The summed E-state index contributed by atoms with van der Waals surface area (Å²) in [5, 5.41) is 13.6. The van der Waals surface area contributed by atoms with Crippen molar-refractivity contribution in [2.75, 3.05) is 19.8 Å². The average molecular weight is 701 g/mol. The van der Waals surface area contributed by atoms with Gasteiger partial charge >= 0.3 is 7.82 Å². The summed E-state index contributed by atoms with van der Waals surface area (Å²) in [7, 11) is -4.33. The van der Waals surface area contributed by atoms with Crippen LogP contribution in [0.2, 0.25) is 0 Å². The maximum absolute atomic E-state index is 12.7. The summed E-state index contributed by atoms with van der Waals surface area (Å²) in [6, 6.07) is -0.870. The first-order valence-electron chi connectivity index (χ1n) is 20.0. The van der Waals surface area contributed by atoms with E-state index >= 15 is 0 Å². The third-order valence-electron chi connectivity index (χ3n) is 8.78. The molecule has 0 spiro atoms. The minimum Gasteiger partial charge on any atom is -0.387 e. The summed E-state index contributed by atoms with van der Waals surface area (Å²) in [5.74, 6) is -0.204. The minimum atomic E-state index is -4.33. The van der Waals surface area contributed by atoms with Gasteiger partial charge in [0.2, 0.25) is 5.91 Å². The van der Waals surface area contributed by atoms with Gasteiger partial charge in [-0.1, -0.05) is 173 Å². The number of rotatable bonds is 37. The highest BCUT2D eigenvalue weighted by Crippen LogP contribution is 2.43. The summed E-state index contributed by atoms with van der Waals surface area (Å²) < 4.78 is 22.0. The fourth-order valence-corrected chi connectivity index (χ4v) is 6.49. The van der Waals surface area contributed by atoms with E-state index in [2.05, 4.69) is 31.3 Å². The molecule has 284 valence electrons. The fraction of sp³-hybridized carbons (Fsp3) is 0.872. The van der Waals surface area contributed by atoms with Gasteiger partial charge in [-0.05, 0) is 32.1 Å². The number of phosphoric ester groups is 1. The lowest BCUT2D eigenvalue weighted by Gasteiger charge is -2.23. The molecule has 0 bridgehead atoms. The molecular weight excluding hydrogens is 623 g/mol. The molecule has 9 heteroatoms. The van der Waals surface area contributed by atoms with Gasteiger partial charge in [-0.25, -0.2) is 4.57 Å². The van der Waals surface area contributed by atoms with Crippen LogP contribution in [0.25, 0.3) is 0 Å². The SMILES string of the molecule is CCCCCC/C=C/CC/C=C/C(O)C(COP(=O)(O)OCCN)NC(=O)CCCCCCCCCCCCCCCCCCCCC. The second kappa shape index (κ2) is 35.8. The van der Waals surface area contributed by atoms with Gasteiger partial charge in [-0.15, -0.1) is 0 Å². The van der Waals surface area contributed by atoms with Gasteiger partial charge in [-0.3, -0.25) is 13.8 Å². The monoisotopic (exact) mass is 701 g/mol. The Morgan fingerprint density at radius 3 is 1.60 bits per heavy atom. The normalized spacial score (nSPS) is 14.5. The van der Waals surface area contributed by atoms with Crippen molar-refractivity contribution in [2.24, 2.45) is 5.73 Å². The second-order valence-corrected chi connectivity index (χ2v) is 14.9. The number of nitrogens with two attached hydrogens (primary N) is 1. The molecule has 0 aliphatic carbocycles. The highest BCUT2D eigenvalue weighted by molar-refractivity contribution is 7.47. The molecule has 0 rings (SSSR count). The fourth-order valence-electron chi connectivity index (χ4n) is 5.74. The first-order valence-corrected chi connectivity index (χ1v) is 21.5. The zero-order valence-corrected chi connectivity index (χ0v) is 32.1. The van der Waals surface area contributed by atoms with Gasteiger partial charge in [0.05, 0.1) is 25.4 Å². The highest BCUT2D eigenvalue weighted by atomic mass is 31.2. The Hall–Kier alpha value is -1.02. The summed E-state index contributed by atoms with van der Waals surface area (Å²) in [6.45, 7) is 4.08. The van der Waals surface area contributed by atoms with Crippen molar-refractivity contribution < 1.29 is 28.4 Å². The van der Waals surface area contributed by atoms with E-state index in [0.29, 0.717) is 6.42 Å². The van der Waals surface area contributed by atoms with Crippen LogP contribution in [0.4, 0.5) is 0 Å². The number of carbonyl (C=O) groups is 1. The van der Waals surface area contributed by atoms with E-state index in [-0.39, 0.29) is 25.7 Å².